The van der Waals surface area contributed by atoms with Crippen molar-refractivity contribution in [3.8, 4) is 17.3 Å². The lowest BCUT2D eigenvalue weighted by Crippen LogP contribution is -2.42. The Morgan fingerprint density at radius 3 is 2.65 bits per heavy atom. The molecule has 4 rings (SSSR count). The third-order valence-corrected chi connectivity index (χ3v) is 5.77. The number of aromatic amines is 1. The number of Topliss-reactive ketones (excluding diaryl/α,β-unsaturated/α-hetero) is 1. The minimum Gasteiger partial charge on any atom is -0.354 e. The average molecular weight is 471 g/mol. The van der Waals surface area contributed by atoms with Gasteiger partial charge < -0.3 is 15.2 Å². The van der Waals surface area contributed by atoms with E-state index < -0.39 is 23.4 Å². The molecule has 34 heavy (non-hydrogen) atoms. The van der Waals surface area contributed by atoms with Crippen molar-refractivity contribution in [2.45, 2.75) is 25.9 Å². The molecule has 0 atom stereocenters. The van der Waals surface area contributed by atoms with Gasteiger partial charge in [-0.05, 0) is 24.8 Å². The molecule has 0 radical (unpaired) electrons. The van der Waals surface area contributed by atoms with Gasteiger partial charge >= 0.3 is 6.18 Å². The van der Waals surface area contributed by atoms with E-state index in [1.54, 1.807) is 0 Å². The number of likely N-dealkylation sites (tertiary alicyclic amines) is 1. The number of rotatable bonds is 5. The highest BCUT2D eigenvalue weighted by Gasteiger charge is 2.32. The van der Waals surface area contributed by atoms with Crippen molar-refractivity contribution in [2.75, 3.05) is 25.0 Å². The Morgan fingerprint density at radius 2 is 2.00 bits per heavy atom. The van der Waals surface area contributed by atoms with E-state index in [-0.39, 0.29) is 34.2 Å². The molecule has 176 valence electrons. The third kappa shape index (κ3) is 4.68. The lowest BCUT2D eigenvalue weighted by Gasteiger charge is -2.31. The number of fused-ring (bicyclic) bond motifs is 1. The van der Waals surface area contributed by atoms with E-state index in [9.17, 15) is 28.0 Å². The largest absolute Gasteiger partial charge is 0.417 e. The normalized spacial score (nSPS) is 14.7. The predicted octanol–water partition coefficient (Wildman–Crippen LogP) is 3.15. The SMILES string of the molecule is CC(=O)C(=O)N1CCC(CNc2ncc(C#N)c(-c3c[nH]c4ncc(C(F)(F)F)cc34)n2)CC1. The highest BCUT2D eigenvalue weighted by molar-refractivity contribution is 6.35. The van der Waals surface area contributed by atoms with Gasteiger partial charge in [-0.15, -0.1) is 0 Å². The van der Waals surface area contributed by atoms with Crippen LogP contribution in [0.1, 0.15) is 30.9 Å². The van der Waals surface area contributed by atoms with Gasteiger partial charge in [-0.2, -0.15) is 18.4 Å². The summed E-state index contributed by atoms with van der Waals surface area (Å²) in [6, 6.07) is 2.95. The molecule has 3 aromatic heterocycles. The first kappa shape index (κ1) is 23.2. The summed E-state index contributed by atoms with van der Waals surface area (Å²) in [6.45, 7) is 2.72. The van der Waals surface area contributed by atoms with Crippen molar-refractivity contribution in [2.24, 2.45) is 5.92 Å². The first-order valence-electron chi connectivity index (χ1n) is 10.5. The molecule has 1 fully saturated rings. The summed E-state index contributed by atoms with van der Waals surface area (Å²) in [5.41, 5.74) is -0.0472. The molecule has 0 saturated carbocycles. The van der Waals surface area contributed by atoms with Gasteiger partial charge in [-0.25, -0.2) is 15.0 Å². The summed E-state index contributed by atoms with van der Waals surface area (Å²) in [7, 11) is 0. The van der Waals surface area contributed by atoms with Gasteiger partial charge in [0.2, 0.25) is 11.7 Å². The monoisotopic (exact) mass is 471 g/mol. The van der Waals surface area contributed by atoms with Crippen LogP contribution in [0, 0.1) is 17.2 Å². The molecule has 4 heterocycles. The van der Waals surface area contributed by atoms with Crippen molar-refractivity contribution >= 4 is 28.7 Å². The van der Waals surface area contributed by atoms with Crippen LogP contribution in [0.15, 0.2) is 24.7 Å². The third-order valence-electron chi connectivity index (χ3n) is 5.77. The summed E-state index contributed by atoms with van der Waals surface area (Å²) in [4.78, 5) is 39.8. The fraction of sp³-hybridized carbons (Fsp3) is 0.364. The van der Waals surface area contributed by atoms with Gasteiger partial charge in [-0.1, -0.05) is 0 Å². The van der Waals surface area contributed by atoms with E-state index in [0.29, 0.717) is 38.0 Å². The molecule has 1 amide bonds. The average Bonchev–Trinajstić information content (AvgIpc) is 3.25. The van der Waals surface area contributed by atoms with Crippen molar-refractivity contribution < 1.29 is 22.8 Å². The topological polar surface area (TPSA) is 128 Å². The summed E-state index contributed by atoms with van der Waals surface area (Å²) >= 11 is 0. The minimum absolute atomic E-state index is 0.111. The molecule has 0 aliphatic carbocycles. The molecule has 0 aromatic carbocycles. The Morgan fingerprint density at radius 1 is 1.26 bits per heavy atom. The summed E-state index contributed by atoms with van der Waals surface area (Å²) in [6.07, 6.45) is 0.366. The lowest BCUT2D eigenvalue weighted by molar-refractivity contribution is -0.144. The summed E-state index contributed by atoms with van der Waals surface area (Å²) in [5, 5.41) is 12.8. The van der Waals surface area contributed by atoms with Crippen LogP contribution in [0.3, 0.4) is 0 Å². The van der Waals surface area contributed by atoms with E-state index in [1.165, 1.54) is 24.2 Å². The number of ketones is 1. The number of H-pyrrole nitrogens is 1. The first-order chi connectivity index (χ1) is 16.2. The van der Waals surface area contributed by atoms with E-state index in [2.05, 4.69) is 25.3 Å². The number of carbonyl (C=O) groups excluding carboxylic acids is 2. The Bertz CT molecular complexity index is 1290. The zero-order chi connectivity index (χ0) is 24.5. The molecular weight excluding hydrogens is 451 g/mol. The first-order valence-corrected chi connectivity index (χ1v) is 10.5. The molecule has 2 N–H and O–H groups in total. The van der Waals surface area contributed by atoms with Crippen LogP contribution in [0.4, 0.5) is 19.1 Å². The van der Waals surface area contributed by atoms with Gasteiger partial charge in [0.15, 0.2) is 0 Å². The number of carbonyl (C=O) groups is 2. The lowest BCUT2D eigenvalue weighted by atomic mass is 9.96. The van der Waals surface area contributed by atoms with Crippen molar-refractivity contribution in [1.29, 1.82) is 5.26 Å². The molecule has 1 aliphatic heterocycles. The molecule has 0 spiro atoms. The number of halogens is 3. The Labute approximate surface area is 192 Å². The number of nitrogens with zero attached hydrogens (tertiary/aromatic N) is 5. The maximum atomic E-state index is 13.2. The number of hydrogen-bond donors (Lipinski definition) is 2. The van der Waals surface area contributed by atoms with Crippen LogP contribution in [0.5, 0.6) is 0 Å². The molecule has 1 aliphatic rings. The number of anilines is 1. The molecule has 1 saturated heterocycles. The molecule has 12 heteroatoms. The predicted molar refractivity (Wildman–Crippen MR) is 115 cm³/mol. The van der Waals surface area contributed by atoms with Gasteiger partial charge in [0.25, 0.3) is 5.91 Å². The summed E-state index contributed by atoms with van der Waals surface area (Å²) in [5.74, 6) is -0.519. The number of nitrogens with one attached hydrogen (secondary N) is 2. The number of amides is 1. The van der Waals surface area contributed by atoms with Crippen LogP contribution >= 0.6 is 0 Å². The molecule has 3 aromatic rings. The number of pyridine rings is 1. The van der Waals surface area contributed by atoms with Crippen molar-refractivity contribution in [3.63, 3.8) is 0 Å². The van der Waals surface area contributed by atoms with Crippen LogP contribution in [0.25, 0.3) is 22.3 Å². The quantitative estimate of drug-likeness (QED) is 0.547. The zero-order valence-corrected chi connectivity index (χ0v) is 18.1. The second kappa shape index (κ2) is 9.09. The number of piperidine rings is 1. The molecule has 9 nitrogen and oxygen atoms in total. The highest BCUT2D eigenvalue weighted by atomic mass is 19.4. The van der Waals surface area contributed by atoms with Gasteiger partial charge in [-0.3, -0.25) is 9.59 Å². The van der Waals surface area contributed by atoms with Crippen LogP contribution in [-0.2, 0) is 15.8 Å². The van der Waals surface area contributed by atoms with E-state index in [0.717, 1.165) is 12.3 Å². The maximum absolute atomic E-state index is 13.2. The maximum Gasteiger partial charge on any atom is 0.417 e. The van der Waals surface area contributed by atoms with Crippen molar-refractivity contribution in [1.82, 2.24) is 24.8 Å². The van der Waals surface area contributed by atoms with Crippen LogP contribution in [0.2, 0.25) is 0 Å². The van der Waals surface area contributed by atoms with Crippen molar-refractivity contribution in [3.05, 3.63) is 35.8 Å². The number of aromatic nitrogens is 4. The fourth-order valence-corrected chi connectivity index (χ4v) is 3.91. The number of nitriles is 1. The Balaban J connectivity index is 1.53. The Kier molecular flexibility index (Phi) is 6.19. The molecule has 0 unspecified atom stereocenters. The fourth-order valence-electron chi connectivity index (χ4n) is 3.91. The second-order valence-corrected chi connectivity index (χ2v) is 8.06. The van der Waals surface area contributed by atoms with E-state index in [4.69, 9.17) is 0 Å². The Hall–Kier alpha value is -4.01. The molecular formula is C22H20F3N7O2. The molecule has 0 bridgehead atoms. The van der Waals surface area contributed by atoms with Crippen LogP contribution in [-0.4, -0.2) is 56.2 Å². The van der Waals surface area contributed by atoms with Gasteiger partial charge in [0.1, 0.15) is 11.7 Å². The summed E-state index contributed by atoms with van der Waals surface area (Å²) < 4.78 is 39.5. The van der Waals surface area contributed by atoms with E-state index >= 15 is 0 Å². The minimum atomic E-state index is -4.56. The van der Waals surface area contributed by atoms with Gasteiger partial charge in [0.05, 0.1) is 23.0 Å². The number of hydrogen-bond acceptors (Lipinski definition) is 7. The highest BCUT2D eigenvalue weighted by Crippen LogP contribution is 2.34. The second-order valence-electron chi connectivity index (χ2n) is 8.06. The van der Waals surface area contributed by atoms with E-state index in [1.807, 2.05) is 6.07 Å². The number of alkyl halides is 3. The van der Waals surface area contributed by atoms with Crippen LogP contribution < -0.4 is 5.32 Å². The van der Waals surface area contributed by atoms with Gasteiger partial charge in [0, 0.05) is 49.9 Å². The zero-order valence-electron chi connectivity index (χ0n) is 18.1. The standard InChI is InChI=1S/C22H20F3N7O2/c1-12(33)20(34)32-4-2-13(3-5-32)8-29-21-30-9-14(7-26)18(31-21)17-11-28-19-16(17)6-15(10-27-19)22(23,24)25/h6,9-11,13H,2-5,8H2,1H3,(H,27,28)(H,29,30,31). The smallest absolute Gasteiger partial charge is 0.354 e.